The molecule has 2 N–H and O–H groups in total. The highest BCUT2D eigenvalue weighted by atomic mass is 16.2. The number of carbonyl (C=O) groups excluding carboxylic acids is 1. The lowest BCUT2D eigenvalue weighted by Gasteiger charge is -2.28. The number of carbonyl (C=O) groups is 1. The monoisotopic (exact) mass is 246 g/mol. The van der Waals surface area contributed by atoms with Crippen LogP contribution in [0.25, 0.3) is 0 Å². The molecule has 0 bridgehead atoms. The molecule has 1 aromatic carbocycles. The quantitative estimate of drug-likeness (QED) is 0.885. The Balaban J connectivity index is 2.37. The summed E-state index contributed by atoms with van der Waals surface area (Å²) in [6.45, 7) is 5.04. The maximum Gasteiger partial charge on any atom is 0.224 e. The number of aryl methyl sites for hydroxylation is 1. The zero-order valence-electron chi connectivity index (χ0n) is 11.2. The molecule has 0 aliphatic carbocycles. The predicted molar refractivity (Wildman–Crippen MR) is 73.2 cm³/mol. The Morgan fingerprint density at radius 2 is 2.06 bits per heavy atom. The van der Waals surface area contributed by atoms with Crippen molar-refractivity contribution in [2.75, 3.05) is 6.54 Å². The van der Waals surface area contributed by atoms with Crippen molar-refractivity contribution in [2.24, 2.45) is 5.73 Å². The van der Waals surface area contributed by atoms with E-state index in [0.717, 1.165) is 19.4 Å². The summed E-state index contributed by atoms with van der Waals surface area (Å²) < 4.78 is 0. The molecular weight excluding hydrogens is 224 g/mol. The van der Waals surface area contributed by atoms with E-state index in [1.54, 1.807) is 0 Å². The molecule has 3 nitrogen and oxygen atoms in total. The Hall–Kier alpha value is -1.35. The van der Waals surface area contributed by atoms with Gasteiger partial charge in [-0.05, 0) is 24.0 Å². The van der Waals surface area contributed by atoms with Gasteiger partial charge in [0, 0.05) is 19.0 Å². The van der Waals surface area contributed by atoms with Crippen LogP contribution < -0.4 is 5.73 Å². The molecule has 0 aromatic heterocycles. The van der Waals surface area contributed by atoms with Crippen molar-refractivity contribution >= 4 is 5.91 Å². The second-order valence-corrected chi connectivity index (χ2v) is 4.95. The summed E-state index contributed by atoms with van der Waals surface area (Å²) in [5.74, 6) is 0.195. The van der Waals surface area contributed by atoms with Crippen LogP contribution in [0, 0.1) is 0 Å². The minimum absolute atomic E-state index is 0.0635. The van der Waals surface area contributed by atoms with Crippen LogP contribution in [0.5, 0.6) is 0 Å². The first-order chi connectivity index (χ1) is 8.69. The van der Waals surface area contributed by atoms with Crippen molar-refractivity contribution in [3.8, 4) is 0 Å². The van der Waals surface area contributed by atoms with Crippen LogP contribution >= 0.6 is 0 Å². The van der Waals surface area contributed by atoms with Crippen LogP contribution in [0.2, 0.25) is 0 Å². The fourth-order valence-corrected chi connectivity index (χ4v) is 2.86. The molecule has 3 heteroatoms. The first-order valence-corrected chi connectivity index (χ1v) is 6.81. The molecule has 1 aliphatic rings. The van der Waals surface area contributed by atoms with E-state index in [-0.39, 0.29) is 18.0 Å². The van der Waals surface area contributed by atoms with E-state index in [1.165, 1.54) is 11.1 Å². The van der Waals surface area contributed by atoms with Gasteiger partial charge in [0.1, 0.15) is 0 Å². The summed E-state index contributed by atoms with van der Waals surface area (Å²) in [5.41, 5.74) is 8.71. The van der Waals surface area contributed by atoms with E-state index in [9.17, 15) is 4.79 Å². The number of nitrogens with zero attached hydrogens (tertiary/aromatic N) is 1. The van der Waals surface area contributed by atoms with Gasteiger partial charge in [0.15, 0.2) is 0 Å². The van der Waals surface area contributed by atoms with Gasteiger partial charge in [-0.3, -0.25) is 4.79 Å². The second-order valence-electron chi connectivity index (χ2n) is 4.95. The van der Waals surface area contributed by atoms with Gasteiger partial charge in [-0.25, -0.2) is 0 Å². The van der Waals surface area contributed by atoms with Crippen molar-refractivity contribution in [3.05, 3.63) is 35.4 Å². The zero-order chi connectivity index (χ0) is 13.1. The summed E-state index contributed by atoms with van der Waals surface area (Å²) in [5, 5.41) is 0. The molecule has 0 spiro atoms. The normalized spacial score (nSPS) is 23.7. The van der Waals surface area contributed by atoms with Gasteiger partial charge in [-0.1, -0.05) is 38.1 Å². The number of hydrogen-bond donors (Lipinski definition) is 1. The molecule has 18 heavy (non-hydrogen) atoms. The van der Waals surface area contributed by atoms with Crippen molar-refractivity contribution < 1.29 is 4.79 Å². The number of amides is 1. The molecular formula is C15H22N2O. The number of likely N-dealkylation sites (tertiary alicyclic amines) is 1. The summed E-state index contributed by atoms with van der Waals surface area (Å²) >= 11 is 0. The van der Waals surface area contributed by atoms with Crippen molar-refractivity contribution in [1.29, 1.82) is 0 Å². The first kappa shape index (κ1) is 13.1. The van der Waals surface area contributed by atoms with Gasteiger partial charge in [0.2, 0.25) is 5.91 Å². The van der Waals surface area contributed by atoms with Gasteiger partial charge in [0.05, 0.1) is 6.04 Å². The third-order valence-corrected chi connectivity index (χ3v) is 3.69. The van der Waals surface area contributed by atoms with Gasteiger partial charge in [0.25, 0.3) is 0 Å². The summed E-state index contributed by atoms with van der Waals surface area (Å²) in [6.07, 6.45) is 2.43. The fraction of sp³-hybridized carbons (Fsp3) is 0.533. The SMILES string of the molecule is CCCN1C(=O)CC(N)C1c1ccccc1CC. The van der Waals surface area contributed by atoms with Gasteiger partial charge in [-0.2, -0.15) is 0 Å². The van der Waals surface area contributed by atoms with Crippen molar-refractivity contribution in [2.45, 2.75) is 45.2 Å². The molecule has 1 heterocycles. The van der Waals surface area contributed by atoms with Crippen LogP contribution in [0.15, 0.2) is 24.3 Å². The van der Waals surface area contributed by atoms with E-state index in [2.05, 4.69) is 32.0 Å². The third kappa shape index (κ3) is 2.27. The molecule has 2 unspecified atom stereocenters. The Kier molecular flexibility index (Phi) is 4.02. The lowest BCUT2D eigenvalue weighted by Crippen LogP contribution is -2.34. The number of hydrogen-bond acceptors (Lipinski definition) is 2. The van der Waals surface area contributed by atoms with Crippen LogP contribution in [0.3, 0.4) is 0 Å². The highest BCUT2D eigenvalue weighted by Crippen LogP contribution is 2.34. The average molecular weight is 246 g/mol. The molecule has 1 saturated heterocycles. The van der Waals surface area contributed by atoms with Gasteiger partial charge in [-0.15, -0.1) is 0 Å². The molecule has 0 saturated carbocycles. The maximum atomic E-state index is 12.0. The molecule has 2 atom stereocenters. The standard InChI is InChI=1S/C15H22N2O/c1-3-9-17-14(18)10-13(16)15(17)12-8-6-5-7-11(12)4-2/h5-8,13,15H,3-4,9-10,16H2,1-2H3. The predicted octanol–water partition coefficient (Wildman–Crippen LogP) is 2.26. The summed E-state index contributed by atoms with van der Waals surface area (Å²) in [4.78, 5) is 14.0. The average Bonchev–Trinajstić information content (AvgIpc) is 2.65. The van der Waals surface area contributed by atoms with E-state index in [1.807, 2.05) is 11.0 Å². The number of rotatable bonds is 4. The van der Waals surface area contributed by atoms with Crippen molar-refractivity contribution in [1.82, 2.24) is 4.90 Å². The van der Waals surface area contributed by atoms with Crippen LogP contribution in [0.4, 0.5) is 0 Å². The molecule has 1 amide bonds. The smallest absolute Gasteiger partial charge is 0.224 e. The molecule has 0 radical (unpaired) electrons. The lowest BCUT2D eigenvalue weighted by molar-refractivity contribution is -0.129. The largest absolute Gasteiger partial charge is 0.334 e. The Labute approximate surface area is 109 Å². The topological polar surface area (TPSA) is 46.3 Å². The van der Waals surface area contributed by atoms with E-state index in [4.69, 9.17) is 5.73 Å². The van der Waals surface area contributed by atoms with Gasteiger partial charge >= 0.3 is 0 Å². The highest BCUT2D eigenvalue weighted by Gasteiger charge is 2.38. The number of nitrogens with two attached hydrogens (primary N) is 1. The van der Waals surface area contributed by atoms with Gasteiger partial charge < -0.3 is 10.6 Å². The first-order valence-electron chi connectivity index (χ1n) is 6.81. The summed E-state index contributed by atoms with van der Waals surface area (Å²) in [6, 6.07) is 8.33. The van der Waals surface area contributed by atoms with Crippen LogP contribution in [-0.4, -0.2) is 23.4 Å². The van der Waals surface area contributed by atoms with E-state index < -0.39 is 0 Å². The molecule has 2 rings (SSSR count). The molecule has 1 aliphatic heterocycles. The number of benzene rings is 1. The minimum Gasteiger partial charge on any atom is -0.334 e. The zero-order valence-corrected chi connectivity index (χ0v) is 11.2. The van der Waals surface area contributed by atoms with E-state index >= 15 is 0 Å². The maximum absolute atomic E-state index is 12.0. The minimum atomic E-state index is -0.0725. The van der Waals surface area contributed by atoms with E-state index in [0.29, 0.717) is 6.42 Å². The van der Waals surface area contributed by atoms with Crippen molar-refractivity contribution in [3.63, 3.8) is 0 Å². The summed E-state index contributed by atoms with van der Waals surface area (Å²) in [7, 11) is 0. The van der Waals surface area contributed by atoms with Crippen LogP contribution in [-0.2, 0) is 11.2 Å². The van der Waals surface area contributed by atoms with Crippen LogP contribution in [0.1, 0.15) is 43.9 Å². The Bertz CT molecular complexity index is 430. The fourth-order valence-electron chi connectivity index (χ4n) is 2.86. The molecule has 1 aromatic rings. The lowest BCUT2D eigenvalue weighted by atomic mass is 9.94. The molecule has 1 fully saturated rings. The highest BCUT2D eigenvalue weighted by molar-refractivity contribution is 5.80. The Morgan fingerprint density at radius 3 is 2.72 bits per heavy atom. The third-order valence-electron chi connectivity index (χ3n) is 3.69. The second kappa shape index (κ2) is 5.53. The Morgan fingerprint density at radius 1 is 1.33 bits per heavy atom. The molecule has 98 valence electrons.